The minimum absolute atomic E-state index is 0.0264. The molecule has 4 aromatic rings. The Morgan fingerprint density at radius 1 is 1.26 bits per heavy atom. The quantitative estimate of drug-likeness (QED) is 0.469. The normalized spacial score (nSPS) is 13.4. The molecule has 1 aromatic carbocycles. The van der Waals surface area contributed by atoms with Crippen LogP contribution in [-0.4, -0.2) is 33.9 Å². The van der Waals surface area contributed by atoms with Crippen LogP contribution in [0.5, 0.6) is 0 Å². The Labute approximate surface area is 175 Å². The minimum Gasteiger partial charge on any atom is -0.465 e. The number of benzene rings is 1. The van der Waals surface area contributed by atoms with E-state index in [1.54, 1.807) is 24.3 Å². The van der Waals surface area contributed by atoms with Crippen LogP contribution < -0.4 is 5.32 Å². The van der Waals surface area contributed by atoms with Gasteiger partial charge in [-0.15, -0.1) is 0 Å². The summed E-state index contributed by atoms with van der Waals surface area (Å²) in [7, 11) is 1.27. The number of hydrogen-bond donors (Lipinski definition) is 2. The molecule has 0 unspecified atom stereocenters. The first-order valence-electron chi connectivity index (χ1n) is 9.66. The molecule has 1 fully saturated rings. The van der Waals surface area contributed by atoms with Crippen molar-refractivity contribution in [1.29, 1.82) is 0 Å². The molecule has 1 saturated carbocycles. The summed E-state index contributed by atoms with van der Waals surface area (Å²) in [5, 5.41) is 3.25. The van der Waals surface area contributed by atoms with Crippen LogP contribution in [0.25, 0.3) is 33.6 Å². The van der Waals surface area contributed by atoms with Crippen molar-refractivity contribution in [1.82, 2.24) is 15.0 Å². The fourth-order valence-corrected chi connectivity index (χ4v) is 3.46. The number of amides is 1. The van der Waals surface area contributed by atoms with Crippen LogP contribution >= 0.6 is 0 Å². The van der Waals surface area contributed by atoms with E-state index >= 15 is 4.39 Å². The summed E-state index contributed by atoms with van der Waals surface area (Å²) in [6.07, 6.45) is 5.82. The summed E-state index contributed by atoms with van der Waals surface area (Å²) >= 11 is 0. The minimum atomic E-state index is -0.586. The van der Waals surface area contributed by atoms with E-state index in [0.29, 0.717) is 16.6 Å². The van der Waals surface area contributed by atoms with Gasteiger partial charge in [-0.3, -0.25) is 4.79 Å². The molecule has 0 spiro atoms. The number of nitrogens with zero attached hydrogens (tertiary/aromatic N) is 2. The van der Waals surface area contributed by atoms with Crippen LogP contribution in [0, 0.1) is 11.7 Å². The Hall–Kier alpha value is -4.01. The average molecular weight is 420 g/mol. The van der Waals surface area contributed by atoms with Crippen LogP contribution in [0.2, 0.25) is 0 Å². The van der Waals surface area contributed by atoms with Crippen molar-refractivity contribution in [2.75, 3.05) is 12.4 Å². The molecule has 1 aliphatic rings. The third kappa shape index (κ3) is 3.33. The Balaban J connectivity index is 1.65. The van der Waals surface area contributed by atoms with E-state index < -0.39 is 11.8 Å². The summed E-state index contributed by atoms with van der Waals surface area (Å²) in [5.41, 5.74) is 1.47. The summed E-state index contributed by atoms with van der Waals surface area (Å²) in [6, 6.07) is 6.47. The monoisotopic (exact) mass is 420 g/mol. The first kappa shape index (κ1) is 19.0. The smallest absolute Gasteiger partial charge is 0.340 e. The van der Waals surface area contributed by atoms with Gasteiger partial charge in [-0.25, -0.2) is 19.2 Å². The number of aromatic amines is 1. The zero-order valence-corrected chi connectivity index (χ0v) is 16.4. The van der Waals surface area contributed by atoms with Gasteiger partial charge in [-0.05, 0) is 31.0 Å². The number of halogens is 1. The molecule has 1 amide bonds. The maximum atomic E-state index is 15.3. The van der Waals surface area contributed by atoms with Gasteiger partial charge < -0.3 is 19.5 Å². The van der Waals surface area contributed by atoms with E-state index in [1.165, 1.54) is 25.8 Å². The molecule has 0 bridgehead atoms. The lowest BCUT2D eigenvalue weighted by Crippen LogP contribution is -2.15. The number of methoxy groups -OCH3 is 1. The lowest BCUT2D eigenvalue weighted by molar-refractivity contribution is -0.117. The van der Waals surface area contributed by atoms with Crippen molar-refractivity contribution < 1.29 is 23.1 Å². The summed E-state index contributed by atoms with van der Waals surface area (Å²) < 4.78 is 25.4. The Morgan fingerprint density at radius 3 is 2.77 bits per heavy atom. The molecule has 3 heterocycles. The highest BCUT2D eigenvalue weighted by Crippen LogP contribution is 2.35. The molecule has 8 nitrogen and oxygen atoms in total. The molecular weight excluding hydrogens is 403 g/mol. The number of pyridine rings is 1. The standard InChI is InChI=1S/C22H17FN4O4/c1-30-22(29)15-10-25-19(27-20(28)11-5-6-11)18-14(15)9-16(26-18)12-3-2-4-13(17(12)23)21-24-7-8-31-21/h2-4,7-11,26H,5-6H2,1H3,(H,25,27,28). The van der Waals surface area contributed by atoms with Gasteiger partial charge in [-0.2, -0.15) is 0 Å². The number of hydrogen-bond acceptors (Lipinski definition) is 6. The fraction of sp³-hybridized carbons (Fsp3) is 0.182. The average Bonchev–Trinajstić information content (AvgIpc) is 3.30. The third-order valence-electron chi connectivity index (χ3n) is 5.21. The van der Waals surface area contributed by atoms with Crippen molar-refractivity contribution in [3.63, 3.8) is 0 Å². The molecule has 3 aromatic heterocycles. The first-order valence-corrected chi connectivity index (χ1v) is 9.66. The van der Waals surface area contributed by atoms with Gasteiger partial charge in [-0.1, -0.05) is 6.07 Å². The largest absolute Gasteiger partial charge is 0.465 e. The number of rotatable bonds is 5. The number of aromatic nitrogens is 3. The van der Waals surface area contributed by atoms with Crippen LogP contribution in [0.15, 0.2) is 47.3 Å². The zero-order valence-electron chi connectivity index (χ0n) is 16.4. The number of carbonyl (C=O) groups excluding carboxylic acids is 2. The van der Waals surface area contributed by atoms with Gasteiger partial charge in [0.15, 0.2) is 5.82 Å². The molecule has 9 heteroatoms. The van der Waals surface area contributed by atoms with E-state index in [0.717, 1.165) is 12.8 Å². The number of oxazole rings is 1. The topological polar surface area (TPSA) is 110 Å². The van der Waals surface area contributed by atoms with Crippen molar-refractivity contribution in [3.8, 4) is 22.7 Å². The number of carbonyl (C=O) groups is 2. The van der Waals surface area contributed by atoms with Gasteiger partial charge in [0.05, 0.1) is 30.0 Å². The highest BCUT2D eigenvalue weighted by Gasteiger charge is 2.30. The predicted molar refractivity (Wildman–Crippen MR) is 110 cm³/mol. The van der Waals surface area contributed by atoms with E-state index in [1.807, 2.05) is 0 Å². The first-order chi connectivity index (χ1) is 15.1. The van der Waals surface area contributed by atoms with Crippen molar-refractivity contribution in [2.45, 2.75) is 12.8 Å². The van der Waals surface area contributed by atoms with Gasteiger partial charge in [0.1, 0.15) is 12.1 Å². The van der Waals surface area contributed by atoms with Crippen molar-refractivity contribution in [2.24, 2.45) is 5.92 Å². The molecule has 0 aliphatic heterocycles. The molecule has 156 valence electrons. The van der Waals surface area contributed by atoms with Crippen LogP contribution in [0.4, 0.5) is 10.2 Å². The zero-order chi connectivity index (χ0) is 21.5. The van der Waals surface area contributed by atoms with E-state index in [9.17, 15) is 9.59 Å². The lowest BCUT2D eigenvalue weighted by Gasteiger charge is -2.07. The fourth-order valence-electron chi connectivity index (χ4n) is 3.46. The molecule has 1 aliphatic carbocycles. The summed E-state index contributed by atoms with van der Waals surface area (Å²) in [5.74, 6) is -0.848. The Bertz CT molecular complexity index is 1310. The Morgan fingerprint density at radius 2 is 2.06 bits per heavy atom. The van der Waals surface area contributed by atoms with Gasteiger partial charge in [0.2, 0.25) is 11.8 Å². The maximum absolute atomic E-state index is 15.3. The number of ether oxygens (including phenoxy) is 1. The number of esters is 1. The highest BCUT2D eigenvalue weighted by atomic mass is 19.1. The number of fused-ring (bicyclic) bond motifs is 1. The second-order valence-electron chi connectivity index (χ2n) is 7.25. The maximum Gasteiger partial charge on any atom is 0.340 e. The number of H-pyrrole nitrogens is 1. The van der Waals surface area contributed by atoms with E-state index in [2.05, 4.69) is 20.3 Å². The Kier molecular flexibility index (Phi) is 4.50. The molecule has 2 N–H and O–H groups in total. The van der Waals surface area contributed by atoms with E-state index in [-0.39, 0.29) is 40.2 Å². The molecule has 31 heavy (non-hydrogen) atoms. The second kappa shape index (κ2) is 7.35. The van der Waals surface area contributed by atoms with Crippen LogP contribution in [0.1, 0.15) is 23.2 Å². The lowest BCUT2D eigenvalue weighted by atomic mass is 10.1. The predicted octanol–water partition coefficient (Wildman–Crippen LogP) is 4.16. The van der Waals surface area contributed by atoms with Crippen molar-refractivity contribution >= 4 is 28.6 Å². The second-order valence-corrected chi connectivity index (χ2v) is 7.25. The highest BCUT2D eigenvalue weighted by molar-refractivity contribution is 6.10. The number of anilines is 1. The van der Waals surface area contributed by atoms with Gasteiger partial charge in [0.25, 0.3) is 0 Å². The van der Waals surface area contributed by atoms with Gasteiger partial charge >= 0.3 is 5.97 Å². The molecule has 0 saturated heterocycles. The summed E-state index contributed by atoms with van der Waals surface area (Å²) in [6.45, 7) is 0. The summed E-state index contributed by atoms with van der Waals surface area (Å²) in [4.78, 5) is 35.8. The van der Waals surface area contributed by atoms with E-state index in [4.69, 9.17) is 9.15 Å². The molecule has 5 rings (SSSR count). The molecule has 0 radical (unpaired) electrons. The van der Waals surface area contributed by atoms with Crippen molar-refractivity contribution in [3.05, 3.63) is 54.3 Å². The third-order valence-corrected chi connectivity index (χ3v) is 5.21. The van der Waals surface area contributed by atoms with Gasteiger partial charge in [0, 0.05) is 28.8 Å². The van der Waals surface area contributed by atoms with Crippen LogP contribution in [-0.2, 0) is 9.53 Å². The molecule has 0 atom stereocenters. The number of nitrogens with one attached hydrogen (secondary N) is 2. The SMILES string of the molecule is COC(=O)c1cnc(NC(=O)C2CC2)c2[nH]c(-c3cccc(-c4ncco4)c3F)cc12. The molecular formula is C22H17FN4O4. The van der Waals surface area contributed by atoms with Crippen LogP contribution in [0.3, 0.4) is 0 Å².